The maximum Gasteiger partial charge on any atom is 0.276 e. The lowest BCUT2D eigenvalue weighted by Gasteiger charge is -2.04. The first-order chi connectivity index (χ1) is 12.2. The van der Waals surface area contributed by atoms with Crippen molar-refractivity contribution in [2.45, 2.75) is 0 Å². The summed E-state index contributed by atoms with van der Waals surface area (Å²) < 4.78 is 5.29. The fourth-order valence-corrected chi connectivity index (χ4v) is 2.56. The van der Waals surface area contributed by atoms with Gasteiger partial charge in [0.2, 0.25) is 0 Å². The number of anilines is 1. The lowest BCUT2D eigenvalue weighted by molar-refractivity contribution is 0.102. The molecule has 7 nitrogen and oxygen atoms in total. The second-order valence-corrected chi connectivity index (χ2v) is 5.34. The third-order valence-electron chi connectivity index (χ3n) is 3.74. The number of oxazole rings is 1. The number of fused-ring (bicyclic) bond motifs is 1. The van der Waals surface area contributed by atoms with Crippen LogP contribution in [0.2, 0.25) is 0 Å². The highest BCUT2D eigenvalue weighted by Gasteiger charge is 2.16. The molecule has 0 radical (unpaired) electrons. The molecular formula is C18H11N5O2. The molecule has 0 aliphatic rings. The Balaban J connectivity index is 1.69. The molecule has 0 aliphatic carbocycles. The van der Waals surface area contributed by atoms with Gasteiger partial charge in [-0.25, -0.2) is 4.98 Å². The number of nitriles is 1. The summed E-state index contributed by atoms with van der Waals surface area (Å²) in [5, 5.41) is 19.3. The quantitative estimate of drug-likeness (QED) is 0.599. The van der Waals surface area contributed by atoms with Gasteiger partial charge in [0.15, 0.2) is 17.8 Å². The summed E-state index contributed by atoms with van der Waals surface area (Å²) in [6, 6.07) is 14.2. The number of H-pyrrole nitrogens is 1. The van der Waals surface area contributed by atoms with E-state index >= 15 is 0 Å². The lowest BCUT2D eigenvalue weighted by Crippen LogP contribution is -2.12. The molecule has 120 valence electrons. The Hall–Kier alpha value is -3.92. The Morgan fingerprint density at radius 3 is 2.96 bits per heavy atom. The monoisotopic (exact) mass is 329 g/mol. The summed E-state index contributed by atoms with van der Waals surface area (Å²) in [6.45, 7) is 0. The van der Waals surface area contributed by atoms with E-state index in [0.29, 0.717) is 22.4 Å². The van der Waals surface area contributed by atoms with Gasteiger partial charge in [-0.15, -0.1) is 0 Å². The molecular weight excluding hydrogens is 318 g/mol. The fourth-order valence-electron chi connectivity index (χ4n) is 2.56. The molecule has 0 saturated carbocycles. The predicted molar refractivity (Wildman–Crippen MR) is 90.7 cm³/mol. The standard InChI is InChI=1S/C18H11N5O2/c19-8-11-2-1-3-13(6-11)21-18(24)17-14-7-12(16-9-20-10-25-16)4-5-15(14)22-23-17/h1-7,9-10H,(H,21,24)(H,22,23). The molecule has 0 atom stereocenters. The summed E-state index contributed by atoms with van der Waals surface area (Å²) in [4.78, 5) is 16.5. The van der Waals surface area contributed by atoms with Gasteiger partial charge in [0.05, 0.1) is 23.3 Å². The number of nitrogens with one attached hydrogen (secondary N) is 2. The SMILES string of the molecule is N#Cc1cccc(NC(=O)c2n[nH]c3ccc(-c4cnco4)cc23)c1. The van der Waals surface area contributed by atoms with E-state index in [1.165, 1.54) is 6.39 Å². The topological polar surface area (TPSA) is 108 Å². The Kier molecular flexibility index (Phi) is 3.48. The highest BCUT2D eigenvalue weighted by Crippen LogP contribution is 2.25. The van der Waals surface area contributed by atoms with E-state index in [1.54, 1.807) is 30.5 Å². The van der Waals surface area contributed by atoms with Crippen molar-refractivity contribution in [3.8, 4) is 17.4 Å². The summed E-state index contributed by atoms with van der Waals surface area (Å²) in [5.41, 5.74) is 2.80. The molecule has 4 rings (SSSR count). The van der Waals surface area contributed by atoms with Crippen molar-refractivity contribution in [3.63, 3.8) is 0 Å². The lowest BCUT2D eigenvalue weighted by atomic mass is 10.1. The van der Waals surface area contributed by atoms with Crippen molar-refractivity contribution < 1.29 is 9.21 Å². The normalized spacial score (nSPS) is 10.5. The second kappa shape index (κ2) is 5.94. The van der Waals surface area contributed by atoms with Gasteiger partial charge < -0.3 is 9.73 Å². The van der Waals surface area contributed by atoms with Crippen LogP contribution in [0, 0.1) is 11.3 Å². The van der Waals surface area contributed by atoms with Crippen LogP contribution in [0.3, 0.4) is 0 Å². The van der Waals surface area contributed by atoms with Gasteiger partial charge in [0, 0.05) is 16.6 Å². The van der Waals surface area contributed by atoms with Gasteiger partial charge in [-0.3, -0.25) is 9.89 Å². The van der Waals surface area contributed by atoms with E-state index in [0.717, 1.165) is 11.1 Å². The molecule has 2 aromatic heterocycles. The van der Waals surface area contributed by atoms with Gasteiger partial charge in [-0.2, -0.15) is 10.4 Å². The number of hydrogen-bond acceptors (Lipinski definition) is 5. The van der Waals surface area contributed by atoms with Crippen molar-refractivity contribution in [3.05, 3.63) is 66.3 Å². The van der Waals surface area contributed by atoms with Gasteiger partial charge in [0.1, 0.15) is 0 Å². The number of amides is 1. The number of aromatic nitrogens is 3. The maximum absolute atomic E-state index is 12.6. The van der Waals surface area contributed by atoms with E-state index in [4.69, 9.17) is 9.68 Å². The number of aromatic amines is 1. The van der Waals surface area contributed by atoms with Crippen molar-refractivity contribution in [2.75, 3.05) is 5.32 Å². The second-order valence-electron chi connectivity index (χ2n) is 5.34. The predicted octanol–water partition coefficient (Wildman–Crippen LogP) is 3.34. The molecule has 2 heterocycles. The van der Waals surface area contributed by atoms with E-state index in [2.05, 4.69) is 20.5 Å². The van der Waals surface area contributed by atoms with Crippen molar-refractivity contribution in [2.24, 2.45) is 0 Å². The van der Waals surface area contributed by atoms with Crippen LogP contribution in [0.4, 0.5) is 5.69 Å². The van der Waals surface area contributed by atoms with Crippen LogP contribution in [0.1, 0.15) is 16.1 Å². The molecule has 0 aliphatic heterocycles. The highest BCUT2D eigenvalue weighted by molar-refractivity contribution is 6.11. The van der Waals surface area contributed by atoms with E-state index in [9.17, 15) is 4.79 Å². The number of benzene rings is 2. The highest BCUT2D eigenvalue weighted by atomic mass is 16.3. The summed E-state index contributed by atoms with van der Waals surface area (Å²) >= 11 is 0. The van der Waals surface area contributed by atoms with Crippen molar-refractivity contribution in [1.82, 2.24) is 15.2 Å². The number of hydrogen-bond donors (Lipinski definition) is 2. The third kappa shape index (κ3) is 2.72. The minimum atomic E-state index is -0.365. The maximum atomic E-state index is 12.6. The molecule has 2 aromatic carbocycles. The Labute approximate surface area is 141 Å². The molecule has 0 fully saturated rings. The first-order valence-corrected chi connectivity index (χ1v) is 7.43. The van der Waals surface area contributed by atoms with E-state index < -0.39 is 0 Å². The fraction of sp³-hybridized carbons (Fsp3) is 0. The van der Waals surface area contributed by atoms with Crippen LogP contribution >= 0.6 is 0 Å². The van der Waals surface area contributed by atoms with Crippen LogP contribution in [-0.4, -0.2) is 21.1 Å². The zero-order chi connectivity index (χ0) is 17.2. The van der Waals surface area contributed by atoms with E-state index in [1.807, 2.05) is 24.3 Å². The number of carbonyl (C=O) groups excluding carboxylic acids is 1. The van der Waals surface area contributed by atoms with Gasteiger partial charge in [-0.1, -0.05) is 6.07 Å². The van der Waals surface area contributed by atoms with Crippen LogP contribution in [-0.2, 0) is 0 Å². The molecule has 1 amide bonds. The van der Waals surface area contributed by atoms with Crippen LogP contribution in [0.15, 0.2) is 59.5 Å². The van der Waals surface area contributed by atoms with Gasteiger partial charge in [0.25, 0.3) is 5.91 Å². The molecule has 0 saturated heterocycles. The molecule has 25 heavy (non-hydrogen) atoms. The zero-order valence-electron chi connectivity index (χ0n) is 12.9. The Morgan fingerprint density at radius 1 is 1.24 bits per heavy atom. The van der Waals surface area contributed by atoms with Crippen molar-refractivity contribution >= 4 is 22.5 Å². The molecule has 0 bridgehead atoms. The molecule has 4 aromatic rings. The van der Waals surface area contributed by atoms with Crippen LogP contribution in [0.25, 0.3) is 22.2 Å². The Morgan fingerprint density at radius 2 is 2.16 bits per heavy atom. The number of rotatable bonds is 3. The Bertz CT molecular complexity index is 1110. The first-order valence-electron chi connectivity index (χ1n) is 7.43. The first kappa shape index (κ1) is 14.7. The smallest absolute Gasteiger partial charge is 0.276 e. The molecule has 7 heteroatoms. The van der Waals surface area contributed by atoms with Crippen molar-refractivity contribution in [1.29, 1.82) is 5.26 Å². The average Bonchev–Trinajstić information content (AvgIpc) is 3.31. The molecule has 0 spiro atoms. The molecule has 2 N–H and O–H groups in total. The largest absolute Gasteiger partial charge is 0.444 e. The minimum Gasteiger partial charge on any atom is -0.444 e. The van der Waals surface area contributed by atoms with Crippen LogP contribution in [0.5, 0.6) is 0 Å². The zero-order valence-corrected chi connectivity index (χ0v) is 12.9. The molecule has 0 unspecified atom stereocenters. The average molecular weight is 329 g/mol. The van der Waals surface area contributed by atoms with Gasteiger partial charge >= 0.3 is 0 Å². The number of carbonyl (C=O) groups is 1. The van der Waals surface area contributed by atoms with Gasteiger partial charge in [-0.05, 0) is 36.4 Å². The number of nitrogens with zero attached hydrogens (tertiary/aromatic N) is 3. The van der Waals surface area contributed by atoms with Crippen LogP contribution < -0.4 is 5.32 Å². The summed E-state index contributed by atoms with van der Waals surface area (Å²) in [7, 11) is 0. The summed E-state index contributed by atoms with van der Waals surface area (Å²) in [6.07, 6.45) is 2.96. The summed E-state index contributed by atoms with van der Waals surface area (Å²) in [5.74, 6) is 0.243. The third-order valence-corrected chi connectivity index (χ3v) is 3.74. The minimum absolute atomic E-state index is 0.263. The van der Waals surface area contributed by atoms with E-state index in [-0.39, 0.29) is 11.6 Å².